The summed E-state index contributed by atoms with van der Waals surface area (Å²) in [6.45, 7) is 1.70. The van der Waals surface area contributed by atoms with Crippen molar-refractivity contribution < 1.29 is 14.3 Å². The van der Waals surface area contributed by atoms with E-state index in [0.717, 1.165) is 5.75 Å². The monoisotopic (exact) mass is 378 g/mol. The van der Waals surface area contributed by atoms with Gasteiger partial charge in [-0.2, -0.15) is 11.8 Å². The number of esters is 1. The van der Waals surface area contributed by atoms with Gasteiger partial charge in [-0.05, 0) is 43.6 Å². The molecule has 5 nitrogen and oxygen atoms in total. The molecular weight excluding hydrogens is 359 g/mol. The van der Waals surface area contributed by atoms with Crippen LogP contribution in [0.4, 0.5) is 5.69 Å². The van der Waals surface area contributed by atoms with E-state index in [4.69, 9.17) is 27.9 Å². The fraction of sp³-hybridized carbons (Fsp3) is 0.467. The molecule has 1 unspecified atom stereocenters. The summed E-state index contributed by atoms with van der Waals surface area (Å²) in [6.07, 6.45) is 2.45. The Kier molecular flexibility index (Phi) is 8.58. The highest BCUT2D eigenvalue weighted by Gasteiger charge is 2.23. The number of thioether (sulfide) groups is 1. The van der Waals surface area contributed by atoms with E-state index in [1.54, 1.807) is 36.9 Å². The molecule has 128 valence electrons. The predicted molar refractivity (Wildman–Crippen MR) is 96.5 cm³/mol. The summed E-state index contributed by atoms with van der Waals surface area (Å²) in [7, 11) is 1.30. The minimum absolute atomic E-state index is 0.299. The average molecular weight is 379 g/mol. The quantitative estimate of drug-likeness (QED) is 0.679. The van der Waals surface area contributed by atoms with E-state index in [9.17, 15) is 9.59 Å². The normalized spacial score (nSPS) is 13.1. The molecule has 1 aromatic carbocycles. The highest BCUT2D eigenvalue weighted by atomic mass is 35.5. The zero-order valence-corrected chi connectivity index (χ0v) is 15.5. The number of carbonyl (C=O) groups excluding carboxylic acids is 2. The first kappa shape index (κ1) is 19.9. The highest BCUT2D eigenvalue weighted by molar-refractivity contribution is 7.98. The number of rotatable bonds is 8. The second kappa shape index (κ2) is 9.90. The van der Waals surface area contributed by atoms with Crippen LogP contribution in [0.3, 0.4) is 0 Å². The Morgan fingerprint density at radius 1 is 1.30 bits per heavy atom. The summed E-state index contributed by atoms with van der Waals surface area (Å²) in [6, 6.07) is 3.81. The molecule has 0 bridgehead atoms. The van der Waals surface area contributed by atoms with Crippen LogP contribution in [0.5, 0.6) is 0 Å². The van der Waals surface area contributed by atoms with Crippen LogP contribution < -0.4 is 10.6 Å². The van der Waals surface area contributed by atoms with Gasteiger partial charge in [-0.25, -0.2) is 4.79 Å². The number of hydrogen-bond donors (Lipinski definition) is 2. The molecule has 2 atom stereocenters. The van der Waals surface area contributed by atoms with Crippen molar-refractivity contribution in [2.24, 2.45) is 0 Å². The van der Waals surface area contributed by atoms with Crippen molar-refractivity contribution in [1.29, 1.82) is 0 Å². The van der Waals surface area contributed by atoms with Gasteiger partial charge in [0.1, 0.15) is 12.1 Å². The third-order valence-corrected chi connectivity index (χ3v) is 4.49. The van der Waals surface area contributed by atoms with Gasteiger partial charge in [-0.1, -0.05) is 23.2 Å². The van der Waals surface area contributed by atoms with E-state index in [1.807, 2.05) is 6.26 Å². The molecule has 0 radical (unpaired) electrons. The molecule has 23 heavy (non-hydrogen) atoms. The number of nitrogens with one attached hydrogen (secondary N) is 2. The molecule has 0 spiro atoms. The topological polar surface area (TPSA) is 67.4 Å². The summed E-state index contributed by atoms with van der Waals surface area (Å²) >= 11 is 13.4. The maximum absolute atomic E-state index is 12.2. The van der Waals surface area contributed by atoms with Crippen LogP contribution in [0.1, 0.15) is 13.3 Å². The summed E-state index contributed by atoms with van der Waals surface area (Å²) in [4.78, 5) is 24.0. The van der Waals surface area contributed by atoms with Gasteiger partial charge in [-0.3, -0.25) is 4.79 Å². The molecule has 1 rings (SSSR count). The number of hydrogen-bond acceptors (Lipinski definition) is 5. The Hall–Kier alpha value is -1.11. The van der Waals surface area contributed by atoms with Gasteiger partial charge in [0, 0.05) is 5.69 Å². The third kappa shape index (κ3) is 6.49. The number of methoxy groups -OCH3 is 1. The van der Waals surface area contributed by atoms with Crippen molar-refractivity contribution in [2.45, 2.75) is 25.4 Å². The minimum atomic E-state index is -0.655. The van der Waals surface area contributed by atoms with Crippen LogP contribution in [0.2, 0.25) is 10.0 Å². The lowest BCUT2D eigenvalue weighted by Gasteiger charge is -2.20. The number of amides is 1. The summed E-state index contributed by atoms with van der Waals surface area (Å²) in [5.74, 6) is -0.00372. The van der Waals surface area contributed by atoms with E-state index in [2.05, 4.69) is 10.6 Å². The largest absolute Gasteiger partial charge is 0.467 e. The molecule has 0 aliphatic rings. The first-order chi connectivity index (χ1) is 10.9. The highest BCUT2D eigenvalue weighted by Crippen LogP contribution is 2.25. The van der Waals surface area contributed by atoms with Crippen molar-refractivity contribution in [1.82, 2.24) is 5.32 Å². The van der Waals surface area contributed by atoms with Crippen molar-refractivity contribution in [2.75, 3.05) is 24.4 Å². The summed E-state index contributed by atoms with van der Waals surface area (Å²) < 4.78 is 4.72. The standard InChI is InChI=1S/C15H20Cl2N2O3S/c1-9(18-10-4-5-11(16)12(17)8-10)14(20)19-13(6-7-23-3)15(21)22-2/h4-5,8-9,13,18H,6-7H2,1-3H3,(H,19,20)/t9?,13-/m0/s1. The Balaban J connectivity index is 2.66. The van der Waals surface area contributed by atoms with Crippen LogP contribution in [0.15, 0.2) is 18.2 Å². The van der Waals surface area contributed by atoms with E-state index in [1.165, 1.54) is 7.11 Å². The second-order valence-electron chi connectivity index (χ2n) is 4.86. The molecule has 2 N–H and O–H groups in total. The molecule has 0 aliphatic heterocycles. The lowest BCUT2D eigenvalue weighted by molar-refractivity contribution is -0.145. The molecule has 0 aliphatic carbocycles. The first-order valence-corrected chi connectivity index (χ1v) is 9.12. The van der Waals surface area contributed by atoms with Crippen molar-refractivity contribution in [3.63, 3.8) is 0 Å². The van der Waals surface area contributed by atoms with E-state index in [0.29, 0.717) is 22.2 Å². The fourth-order valence-electron chi connectivity index (χ4n) is 1.83. The van der Waals surface area contributed by atoms with E-state index in [-0.39, 0.29) is 5.91 Å². The van der Waals surface area contributed by atoms with Crippen LogP contribution in [-0.4, -0.2) is 43.1 Å². The van der Waals surface area contributed by atoms with Gasteiger partial charge in [0.25, 0.3) is 0 Å². The summed E-state index contributed by atoms with van der Waals surface area (Å²) in [5, 5.41) is 6.56. The number of benzene rings is 1. The van der Waals surface area contributed by atoms with Crippen LogP contribution >= 0.6 is 35.0 Å². The number of anilines is 1. The fourth-order valence-corrected chi connectivity index (χ4v) is 2.59. The van der Waals surface area contributed by atoms with E-state index < -0.39 is 18.1 Å². The maximum Gasteiger partial charge on any atom is 0.328 e. The van der Waals surface area contributed by atoms with E-state index >= 15 is 0 Å². The van der Waals surface area contributed by atoms with Crippen LogP contribution in [-0.2, 0) is 14.3 Å². The lowest BCUT2D eigenvalue weighted by Crippen LogP contribution is -2.47. The zero-order chi connectivity index (χ0) is 17.4. The molecule has 0 saturated carbocycles. The molecule has 1 aromatic rings. The lowest BCUT2D eigenvalue weighted by atomic mass is 10.2. The van der Waals surface area contributed by atoms with Gasteiger partial charge in [0.05, 0.1) is 17.2 Å². The SMILES string of the molecule is COC(=O)[C@H](CCSC)NC(=O)C(C)Nc1ccc(Cl)c(Cl)c1. The van der Waals surface area contributed by atoms with Gasteiger partial charge < -0.3 is 15.4 Å². The molecular formula is C15H20Cl2N2O3S. The van der Waals surface area contributed by atoms with Crippen molar-refractivity contribution in [3.8, 4) is 0 Å². The molecule has 0 fully saturated rings. The van der Waals surface area contributed by atoms with Gasteiger partial charge in [0.2, 0.25) is 5.91 Å². The molecule has 0 heterocycles. The number of ether oxygens (including phenoxy) is 1. The smallest absolute Gasteiger partial charge is 0.328 e. The third-order valence-electron chi connectivity index (χ3n) is 3.11. The van der Waals surface area contributed by atoms with Crippen molar-refractivity contribution in [3.05, 3.63) is 28.2 Å². The average Bonchev–Trinajstić information content (AvgIpc) is 2.53. The molecule has 8 heteroatoms. The van der Waals surface area contributed by atoms with Crippen molar-refractivity contribution >= 4 is 52.5 Å². The Morgan fingerprint density at radius 2 is 2.00 bits per heavy atom. The minimum Gasteiger partial charge on any atom is -0.467 e. The predicted octanol–water partition coefficient (Wildman–Crippen LogP) is 3.20. The Labute approximate surface area is 150 Å². The molecule has 0 aromatic heterocycles. The number of halogens is 2. The van der Waals surface area contributed by atoms with Gasteiger partial charge in [-0.15, -0.1) is 0 Å². The van der Waals surface area contributed by atoms with Gasteiger partial charge >= 0.3 is 5.97 Å². The second-order valence-corrected chi connectivity index (χ2v) is 6.66. The van der Waals surface area contributed by atoms with Gasteiger partial charge in [0.15, 0.2) is 0 Å². The molecule has 0 saturated heterocycles. The number of carbonyl (C=O) groups is 2. The first-order valence-electron chi connectivity index (χ1n) is 6.97. The zero-order valence-electron chi connectivity index (χ0n) is 13.2. The Bertz CT molecular complexity index is 558. The Morgan fingerprint density at radius 3 is 2.57 bits per heavy atom. The van der Waals surface area contributed by atoms with Crippen LogP contribution in [0, 0.1) is 0 Å². The maximum atomic E-state index is 12.2. The van der Waals surface area contributed by atoms with Crippen LogP contribution in [0.25, 0.3) is 0 Å². The summed E-state index contributed by atoms with van der Waals surface area (Å²) in [5.41, 5.74) is 0.667. The molecule has 1 amide bonds.